The Labute approximate surface area is 139 Å². The smallest absolute Gasteiger partial charge is 0.191 e. The fourth-order valence-corrected chi connectivity index (χ4v) is 4.37. The molecule has 4 nitrogen and oxygen atoms in total. The Hall–Kier alpha value is -0.580. The van der Waals surface area contributed by atoms with Crippen LogP contribution in [0.1, 0.15) is 65.7 Å². The van der Waals surface area contributed by atoms with Gasteiger partial charge in [-0.15, -0.1) is 0 Å². The molecule has 0 aliphatic heterocycles. The lowest BCUT2D eigenvalue weighted by atomic mass is 9.95. The van der Waals surface area contributed by atoms with E-state index in [1.807, 2.05) is 14.0 Å². The summed E-state index contributed by atoms with van der Waals surface area (Å²) in [5.74, 6) is 2.47. The first-order chi connectivity index (χ1) is 10.6. The molecule has 1 aliphatic carbocycles. The Bertz CT molecular complexity index is 358. The first kappa shape index (κ1) is 19.5. The van der Waals surface area contributed by atoms with Gasteiger partial charge in [0.05, 0.1) is 0 Å². The second kappa shape index (κ2) is 11.0. The molecule has 0 aromatic heterocycles. The minimum Gasteiger partial charge on any atom is -0.356 e. The van der Waals surface area contributed by atoms with Crippen molar-refractivity contribution in [2.75, 3.05) is 19.3 Å². The van der Waals surface area contributed by atoms with Gasteiger partial charge >= 0.3 is 0 Å². The third-order valence-corrected chi connectivity index (χ3v) is 6.09. The molecule has 22 heavy (non-hydrogen) atoms. The lowest BCUT2D eigenvalue weighted by molar-refractivity contribution is 0.413. The zero-order valence-corrected chi connectivity index (χ0v) is 15.7. The van der Waals surface area contributed by atoms with E-state index in [2.05, 4.69) is 29.5 Å². The van der Waals surface area contributed by atoms with Gasteiger partial charge in [-0.1, -0.05) is 40.0 Å². The highest BCUT2D eigenvalue weighted by molar-refractivity contribution is 7.85. The first-order valence-corrected chi connectivity index (χ1v) is 10.3. The van der Waals surface area contributed by atoms with E-state index in [9.17, 15) is 4.21 Å². The molecule has 0 saturated heterocycles. The molecule has 5 heteroatoms. The fraction of sp³-hybridized carbons (Fsp3) is 0.941. The fourth-order valence-electron chi connectivity index (χ4n) is 3.02. The van der Waals surface area contributed by atoms with Crippen LogP contribution in [0.25, 0.3) is 0 Å². The molecule has 1 rings (SSSR count). The van der Waals surface area contributed by atoms with Gasteiger partial charge in [0, 0.05) is 41.4 Å². The monoisotopic (exact) mass is 329 g/mol. The molecule has 2 N–H and O–H groups in total. The van der Waals surface area contributed by atoms with Crippen molar-refractivity contribution in [2.24, 2.45) is 10.9 Å². The van der Waals surface area contributed by atoms with Crippen molar-refractivity contribution in [3.63, 3.8) is 0 Å². The van der Waals surface area contributed by atoms with Crippen LogP contribution in [0.2, 0.25) is 0 Å². The summed E-state index contributed by atoms with van der Waals surface area (Å²) >= 11 is 0. The second-order valence-corrected chi connectivity index (χ2v) is 8.69. The van der Waals surface area contributed by atoms with Crippen molar-refractivity contribution >= 4 is 16.8 Å². The van der Waals surface area contributed by atoms with Crippen molar-refractivity contribution in [1.29, 1.82) is 0 Å². The summed E-state index contributed by atoms with van der Waals surface area (Å²) in [7, 11) is 1.16. The van der Waals surface area contributed by atoms with Gasteiger partial charge in [-0.3, -0.25) is 9.20 Å². The average Bonchev–Trinajstić information content (AvgIpc) is 2.52. The minimum atomic E-state index is -0.664. The Morgan fingerprint density at radius 2 is 2.09 bits per heavy atom. The van der Waals surface area contributed by atoms with Crippen LogP contribution in [0, 0.1) is 5.92 Å². The van der Waals surface area contributed by atoms with Crippen LogP contribution in [0.5, 0.6) is 0 Å². The molecule has 0 aromatic rings. The van der Waals surface area contributed by atoms with E-state index in [-0.39, 0.29) is 0 Å². The first-order valence-electron chi connectivity index (χ1n) is 8.91. The Morgan fingerprint density at radius 3 is 2.73 bits per heavy atom. The maximum absolute atomic E-state index is 12.0. The third-order valence-electron chi connectivity index (χ3n) is 4.35. The van der Waals surface area contributed by atoms with Crippen molar-refractivity contribution in [2.45, 2.75) is 77.0 Å². The number of hydrogen-bond acceptors (Lipinski definition) is 2. The second-order valence-electron chi connectivity index (χ2n) is 6.69. The van der Waals surface area contributed by atoms with E-state index in [0.717, 1.165) is 43.4 Å². The number of unbranched alkanes of at least 4 members (excludes halogenated alkanes) is 1. The number of hydrogen-bond donors (Lipinski definition) is 2. The van der Waals surface area contributed by atoms with Gasteiger partial charge in [0.1, 0.15) is 0 Å². The largest absolute Gasteiger partial charge is 0.356 e. The van der Waals surface area contributed by atoms with Gasteiger partial charge in [-0.05, 0) is 31.6 Å². The van der Waals surface area contributed by atoms with Gasteiger partial charge in [-0.2, -0.15) is 0 Å². The normalized spacial score (nSPS) is 24.3. The lowest BCUT2D eigenvalue weighted by Crippen LogP contribution is -2.46. The predicted molar refractivity (Wildman–Crippen MR) is 97.9 cm³/mol. The molecule has 3 unspecified atom stereocenters. The topological polar surface area (TPSA) is 53.5 Å². The molecule has 130 valence electrons. The Kier molecular flexibility index (Phi) is 9.76. The van der Waals surface area contributed by atoms with Gasteiger partial charge in [0.15, 0.2) is 5.96 Å². The molecule has 0 heterocycles. The molecular weight excluding hydrogens is 294 g/mol. The number of guanidine groups is 1. The predicted octanol–water partition coefficient (Wildman–Crippen LogP) is 3.06. The average molecular weight is 330 g/mol. The number of nitrogens with zero attached hydrogens (tertiary/aromatic N) is 1. The van der Waals surface area contributed by atoms with Crippen LogP contribution in [-0.2, 0) is 10.8 Å². The summed E-state index contributed by atoms with van der Waals surface area (Å²) in [6.45, 7) is 7.54. The van der Waals surface area contributed by atoms with Crippen LogP contribution >= 0.6 is 0 Å². The molecule has 1 saturated carbocycles. The number of aliphatic imine (C=N–C) groups is 1. The minimum absolute atomic E-state index is 0.361. The van der Waals surface area contributed by atoms with E-state index < -0.39 is 10.8 Å². The SMILES string of the molecule is CCS(=O)C1CCCC(NC(=NC)NCCCCC(C)C)C1. The molecule has 1 aliphatic rings. The van der Waals surface area contributed by atoms with E-state index in [1.54, 1.807) is 0 Å². The Morgan fingerprint density at radius 1 is 1.32 bits per heavy atom. The van der Waals surface area contributed by atoms with Crippen LogP contribution < -0.4 is 10.6 Å². The molecular formula is C17H35N3OS. The summed E-state index contributed by atoms with van der Waals surface area (Å²) in [5, 5.41) is 7.29. The molecule has 0 spiro atoms. The van der Waals surface area contributed by atoms with Crippen LogP contribution in [-0.4, -0.2) is 40.8 Å². The summed E-state index contributed by atoms with van der Waals surface area (Å²) in [6.07, 6.45) is 8.19. The molecule has 0 bridgehead atoms. The Balaban J connectivity index is 2.28. The highest BCUT2D eigenvalue weighted by Gasteiger charge is 2.25. The van der Waals surface area contributed by atoms with E-state index in [4.69, 9.17) is 0 Å². The van der Waals surface area contributed by atoms with Gasteiger partial charge in [0.25, 0.3) is 0 Å². The van der Waals surface area contributed by atoms with E-state index in [0.29, 0.717) is 11.3 Å². The van der Waals surface area contributed by atoms with Gasteiger partial charge in [0.2, 0.25) is 0 Å². The van der Waals surface area contributed by atoms with Crippen LogP contribution in [0.3, 0.4) is 0 Å². The summed E-state index contributed by atoms with van der Waals surface area (Å²) in [5.41, 5.74) is 0. The van der Waals surface area contributed by atoms with Crippen LogP contribution in [0.4, 0.5) is 0 Å². The van der Waals surface area contributed by atoms with E-state index in [1.165, 1.54) is 25.7 Å². The summed E-state index contributed by atoms with van der Waals surface area (Å²) in [6, 6.07) is 0.413. The quantitative estimate of drug-likeness (QED) is 0.409. The summed E-state index contributed by atoms with van der Waals surface area (Å²) in [4.78, 5) is 4.32. The van der Waals surface area contributed by atoms with Crippen molar-refractivity contribution in [3.05, 3.63) is 0 Å². The highest BCUT2D eigenvalue weighted by atomic mass is 32.2. The standard InChI is InChI=1S/C17H35N3OS/c1-5-22(21)16-11-8-10-15(13-16)20-17(18-4)19-12-7-6-9-14(2)3/h14-16H,5-13H2,1-4H3,(H2,18,19,20). The maximum atomic E-state index is 12.0. The van der Waals surface area contributed by atoms with Crippen molar-refractivity contribution in [3.8, 4) is 0 Å². The van der Waals surface area contributed by atoms with Crippen molar-refractivity contribution in [1.82, 2.24) is 10.6 Å². The van der Waals surface area contributed by atoms with Gasteiger partial charge in [-0.25, -0.2) is 0 Å². The third kappa shape index (κ3) is 7.61. The summed E-state index contributed by atoms with van der Waals surface area (Å²) < 4.78 is 12.0. The molecule has 0 aromatic carbocycles. The zero-order valence-electron chi connectivity index (χ0n) is 14.9. The molecule has 1 fully saturated rings. The maximum Gasteiger partial charge on any atom is 0.191 e. The highest BCUT2D eigenvalue weighted by Crippen LogP contribution is 2.22. The van der Waals surface area contributed by atoms with E-state index >= 15 is 0 Å². The zero-order chi connectivity index (χ0) is 16.4. The van der Waals surface area contributed by atoms with Crippen molar-refractivity contribution < 1.29 is 4.21 Å². The number of nitrogens with one attached hydrogen (secondary N) is 2. The van der Waals surface area contributed by atoms with Crippen LogP contribution in [0.15, 0.2) is 4.99 Å². The number of rotatable bonds is 8. The molecule has 0 amide bonds. The lowest BCUT2D eigenvalue weighted by Gasteiger charge is -2.30. The molecule has 3 atom stereocenters. The van der Waals surface area contributed by atoms with Gasteiger partial charge < -0.3 is 10.6 Å². The molecule has 0 radical (unpaired) electrons.